The van der Waals surface area contributed by atoms with Crippen LogP contribution < -0.4 is 10.1 Å². The predicted molar refractivity (Wildman–Crippen MR) is 73.2 cm³/mol. The van der Waals surface area contributed by atoms with Crippen molar-refractivity contribution in [1.82, 2.24) is 10.2 Å². The molecule has 18 heavy (non-hydrogen) atoms. The Morgan fingerprint density at radius 1 is 1.22 bits per heavy atom. The predicted octanol–water partition coefficient (Wildman–Crippen LogP) is 2.03. The summed E-state index contributed by atoms with van der Waals surface area (Å²) < 4.78 is 5.89. The number of fused-ring (bicyclic) bond motifs is 1. The van der Waals surface area contributed by atoms with E-state index in [1.165, 1.54) is 16.7 Å². The van der Waals surface area contributed by atoms with Crippen molar-refractivity contribution in [3.05, 3.63) is 28.8 Å². The van der Waals surface area contributed by atoms with Crippen molar-refractivity contribution in [2.75, 3.05) is 32.8 Å². The number of ether oxygens (including phenoxy) is 1. The smallest absolute Gasteiger partial charge is 0.126 e. The average Bonchev–Trinajstić information content (AvgIpc) is 2.39. The first kappa shape index (κ1) is 12.0. The standard InChI is InChI=1S/C15H22N2O/c1-11-9-12(2)15-13(10-11)14(3-8-18-15)17-6-4-16-5-7-17/h9-10,14,16H,3-8H2,1-2H3. The molecule has 1 aromatic rings. The van der Waals surface area contributed by atoms with Gasteiger partial charge < -0.3 is 10.1 Å². The van der Waals surface area contributed by atoms with Crippen molar-refractivity contribution in [2.45, 2.75) is 26.3 Å². The van der Waals surface area contributed by atoms with E-state index in [-0.39, 0.29) is 0 Å². The molecule has 1 fully saturated rings. The first-order valence-corrected chi connectivity index (χ1v) is 6.94. The van der Waals surface area contributed by atoms with Gasteiger partial charge in [-0.25, -0.2) is 0 Å². The Balaban J connectivity index is 1.95. The minimum Gasteiger partial charge on any atom is -0.493 e. The highest BCUT2D eigenvalue weighted by atomic mass is 16.5. The quantitative estimate of drug-likeness (QED) is 0.820. The van der Waals surface area contributed by atoms with Crippen LogP contribution in [0.3, 0.4) is 0 Å². The van der Waals surface area contributed by atoms with Crippen LogP contribution in [0, 0.1) is 13.8 Å². The number of hydrogen-bond acceptors (Lipinski definition) is 3. The molecule has 0 bridgehead atoms. The van der Waals surface area contributed by atoms with Crippen LogP contribution in [0.5, 0.6) is 5.75 Å². The normalized spacial score (nSPS) is 24.4. The molecule has 0 aliphatic carbocycles. The number of hydrogen-bond donors (Lipinski definition) is 1. The van der Waals surface area contributed by atoms with Gasteiger partial charge >= 0.3 is 0 Å². The summed E-state index contributed by atoms with van der Waals surface area (Å²) in [6.07, 6.45) is 1.12. The van der Waals surface area contributed by atoms with Gasteiger partial charge in [0.25, 0.3) is 0 Å². The third-order valence-electron chi connectivity index (χ3n) is 4.04. The van der Waals surface area contributed by atoms with Crippen molar-refractivity contribution in [3.63, 3.8) is 0 Å². The molecule has 0 amide bonds. The molecule has 1 unspecified atom stereocenters. The van der Waals surface area contributed by atoms with Gasteiger partial charge in [-0.05, 0) is 19.4 Å². The van der Waals surface area contributed by atoms with Crippen LogP contribution in [0.4, 0.5) is 0 Å². The first-order valence-electron chi connectivity index (χ1n) is 6.94. The Morgan fingerprint density at radius 3 is 2.78 bits per heavy atom. The molecule has 2 aliphatic heterocycles. The van der Waals surface area contributed by atoms with E-state index in [4.69, 9.17) is 4.74 Å². The topological polar surface area (TPSA) is 24.5 Å². The number of aryl methyl sites for hydroxylation is 2. The van der Waals surface area contributed by atoms with Gasteiger partial charge in [-0.15, -0.1) is 0 Å². The molecule has 2 aliphatic rings. The van der Waals surface area contributed by atoms with Crippen LogP contribution in [-0.4, -0.2) is 37.7 Å². The lowest BCUT2D eigenvalue weighted by Gasteiger charge is -2.38. The van der Waals surface area contributed by atoms with Crippen LogP contribution in [0.25, 0.3) is 0 Å². The van der Waals surface area contributed by atoms with Gasteiger partial charge in [-0.1, -0.05) is 17.7 Å². The fourth-order valence-electron chi connectivity index (χ4n) is 3.23. The molecule has 0 aromatic heterocycles. The lowest BCUT2D eigenvalue weighted by atomic mass is 9.94. The number of benzene rings is 1. The summed E-state index contributed by atoms with van der Waals surface area (Å²) in [5, 5.41) is 3.43. The third-order valence-corrected chi connectivity index (χ3v) is 4.04. The molecule has 3 rings (SSSR count). The molecule has 2 heterocycles. The Bertz CT molecular complexity index is 438. The van der Waals surface area contributed by atoms with E-state index < -0.39 is 0 Å². The van der Waals surface area contributed by atoms with E-state index in [0.717, 1.165) is 45.0 Å². The van der Waals surface area contributed by atoms with E-state index in [2.05, 4.69) is 36.2 Å². The first-order chi connectivity index (χ1) is 8.75. The number of nitrogens with zero attached hydrogens (tertiary/aromatic N) is 1. The van der Waals surface area contributed by atoms with Gasteiger partial charge in [0.1, 0.15) is 5.75 Å². The lowest BCUT2D eigenvalue weighted by molar-refractivity contribution is 0.126. The van der Waals surface area contributed by atoms with E-state index in [9.17, 15) is 0 Å². The maximum absolute atomic E-state index is 5.89. The molecule has 98 valence electrons. The van der Waals surface area contributed by atoms with Crippen LogP contribution >= 0.6 is 0 Å². The Morgan fingerprint density at radius 2 is 2.00 bits per heavy atom. The molecule has 3 heteroatoms. The van der Waals surface area contributed by atoms with Crippen molar-refractivity contribution in [2.24, 2.45) is 0 Å². The Labute approximate surface area is 109 Å². The molecule has 0 radical (unpaired) electrons. The van der Waals surface area contributed by atoms with Crippen molar-refractivity contribution < 1.29 is 4.74 Å². The Kier molecular flexibility index (Phi) is 3.27. The molecule has 0 spiro atoms. The van der Waals surface area contributed by atoms with Gasteiger partial charge in [0, 0.05) is 44.2 Å². The zero-order valence-corrected chi connectivity index (χ0v) is 11.3. The summed E-state index contributed by atoms with van der Waals surface area (Å²) >= 11 is 0. The van der Waals surface area contributed by atoms with Crippen molar-refractivity contribution >= 4 is 0 Å². The molecule has 1 saturated heterocycles. The highest BCUT2D eigenvalue weighted by molar-refractivity contribution is 5.46. The fourth-order valence-corrected chi connectivity index (χ4v) is 3.23. The van der Waals surface area contributed by atoms with E-state index in [1.807, 2.05) is 0 Å². The van der Waals surface area contributed by atoms with Crippen LogP contribution in [0.15, 0.2) is 12.1 Å². The van der Waals surface area contributed by atoms with Gasteiger partial charge in [-0.2, -0.15) is 0 Å². The summed E-state index contributed by atoms with van der Waals surface area (Å²) in [5.41, 5.74) is 4.03. The van der Waals surface area contributed by atoms with Crippen LogP contribution in [0.2, 0.25) is 0 Å². The van der Waals surface area contributed by atoms with Gasteiger partial charge in [0.2, 0.25) is 0 Å². The highest BCUT2D eigenvalue weighted by Crippen LogP contribution is 2.38. The molecule has 0 saturated carbocycles. The second-order valence-corrected chi connectivity index (χ2v) is 5.44. The highest BCUT2D eigenvalue weighted by Gasteiger charge is 2.28. The minimum atomic E-state index is 0.550. The maximum Gasteiger partial charge on any atom is 0.126 e. The van der Waals surface area contributed by atoms with E-state index >= 15 is 0 Å². The number of piperazine rings is 1. The monoisotopic (exact) mass is 246 g/mol. The van der Waals surface area contributed by atoms with Crippen LogP contribution in [-0.2, 0) is 0 Å². The van der Waals surface area contributed by atoms with Gasteiger partial charge in [0.15, 0.2) is 0 Å². The minimum absolute atomic E-state index is 0.550. The second kappa shape index (κ2) is 4.90. The van der Waals surface area contributed by atoms with Gasteiger partial charge in [0.05, 0.1) is 6.61 Å². The molecular formula is C15H22N2O. The second-order valence-electron chi connectivity index (χ2n) is 5.44. The molecule has 1 atom stereocenters. The summed E-state index contributed by atoms with van der Waals surface area (Å²) in [6, 6.07) is 5.09. The molecule has 3 nitrogen and oxygen atoms in total. The van der Waals surface area contributed by atoms with E-state index in [0.29, 0.717) is 6.04 Å². The van der Waals surface area contributed by atoms with Crippen molar-refractivity contribution in [1.29, 1.82) is 0 Å². The Hall–Kier alpha value is -1.06. The zero-order valence-electron chi connectivity index (χ0n) is 11.3. The lowest BCUT2D eigenvalue weighted by Crippen LogP contribution is -2.46. The summed E-state index contributed by atoms with van der Waals surface area (Å²) in [7, 11) is 0. The van der Waals surface area contributed by atoms with E-state index in [1.54, 1.807) is 0 Å². The summed E-state index contributed by atoms with van der Waals surface area (Å²) in [6.45, 7) is 9.71. The number of rotatable bonds is 1. The molecule has 1 aromatic carbocycles. The zero-order chi connectivity index (χ0) is 12.5. The molecular weight excluding hydrogens is 224 g/mol. The number of nitrogens with one attached hydrogen (secondary N) is 1. The van der Waals surface area contributed by atoms with Crippen molar-refractivity contribution in [3.8, 4) is 5.75 Å². The van der Waals surface area contributed by atoms with Gasteiger partial charge in [-0.3, -0.25) is 4.90 Å². The largest absolute Gasteiger partial charge is 0.493 e. The molecule has 1 N–H and O–H groups in total. The van der Waals surface area contributed by atoms with Crippen LogP contribution in [0.1, 0.15) is 29.2 Å². The maximum atomic E-state index is 5.89. The third kappa shape index (κ3) is 2.13. The summed E-state index contributed by atoms with van der Waals surface area (Å²) in [5.74, 6) is 1.13. The fraction of sp³-hybridized carbons (Fsp3) is 0.600. The summed E-state index contributed by atoms with van der Waals surface area (Å²) in [4.78, 5) is 2.61. The SMILES string of the molecule is Cc1cc(C)c2c(c1)C(N1CCNCC1)CCO2. The average molecular weight is 246 g/mol.